The normalized spacial score (nSPS) is 17.7. The van der Waals surface area contributed by atoms with Crippen LogP contribution >= 0.6 is 22.9 Å². The van der Waals surface area contributed by atoms with Crippen molar-refractivity contribution in [1.82, 2.24) is 4.72 Å². The molecule has 0 aliphatic carbocycles. The van der Waals surface area contributed by atoms with Gasteiger partial charge in [0.05, 0.1) is 20.6 Å². The van der Waals surface area contributed by atoms with E-state index in [4.69, 9.17) is 16.7 Å². The van der Waals surface area contributed by atoms with Crippen molar-refractivity contribution in [2.45, 2.75) is 11.3 Å². The minimum absolute atomic E-state index is 0.214. The van der Waals surface area contributed by atoms with Crippen molar-refractivity contribution in [2.75, 3.05) is 5.01 Å². The summed E-state index contributed by atoms with van der Waals surface area (Å²) in [6.45, 7) is 0. The van der Waals surface area contributed by atoms with Gasteiger partial charge in [0.25, 0.3) is 5.91 Å². The molecule has 4 aromatic rings. The standard InChI is InChI=1S/C26H20ClN3O3S2/c27-22-17-16-21(34-22)26(31)29-35(32,33)25-23(18-10-4-1-5-11-18)28-30(20-14-8-3-9-15-20)24(25)19-12-6-2-7-13-19/h1-17,24-25H,(H,29,31). The summed E-state index contributed by atoms with van der Waals surface area (Å²) in [6, 6.07) is 30.2. The van der Waals surface area contributed by atoms with E-state index in [1.807, 2.05) is 91.0 Å². The van der Waals surface area contributed by atoms with Crippen molar-refractivity contribution >= 4 is 50.3 Å². The maximum Gasteiger partial charge on any atom is 0.274 e. The fourth-order valence-electron chi connectivity index (χ4n) is 4.11. The number of benzene rings is 3. The predicted octanol–water partition coefficient (Wildman–Crippen LogP) is 5.50. The molecule has 5 rings (SSSR count). The molecule has 2 heterocycles. The monoisotopic (exact) mass is 521 g/mol. The molecule has 1 aromatic heterocycles. The molecule has 9 heteroatoms. The van der Waals surface area contributed by atoms with E-state index < -0.39 is 27.2 Å². The highest BCUT2D eigenvalue weighted by Gasteiger charge is 2.48. The van der Waals surface area contributed by atoms with Gasteiger partial charge < -0.3 is 0 Å². The second-order valence-electron chi connectivity index (χ2n) is 7.89. The Bertz CT molecular complexity index is 1470. The summed E-state index contributed by atoms with van der Waals surface area (Å²) in [5, 5.41) is 5.38. The van der Waals surface area contributed by atoms with Crippen LogP contribution in [0.25, 0.3) is 0 Å². The topological polar surface area (TPSA) is 78.8 Å². The molecule has 0 radical (unpaired) electrons. The molecule has 2 unspecified atom stereocenters. The lowest BCUT2D eigenvalue weighted by Gasteiger charge is -2.28. The molecule has 1 aliphatic rings. The molecule has 1 amide bonds. The van der Waals surface area contributed by atoms with Crippen LogP contribution in [-0.4, -0.2) is 25.3 Å². The van der Waals surface area contributed by atoms with E-state index in [9.17, 15) is 13.2 Å². The van der Waals surface area contributed by atoms with Gasteiger partial charge in [-0.2, -0.15) is 5.10 Å². The number of hydrogen-bond acceptors (Lipinski definition) is 6. The molecule has 0 fully saturated rings. The number of carbonyl (C=O) groups is 1. The molecule has 0 saturated heterocycles. The number of sulfonamides is 1. The molecule has 35 heavy (non-hydrogen) atoms. The molecule has 2 atom stereocenters. The van der Waals surface area contributed by atoms with E-state index in [2.05, 4.69) is 4.72 Å². The SMILES string of the molecule is O=C(NS(=O)(=O)C1C(c2ccccc2)=NN(c2ccccc2)C1c1ccccc1)c1ccc(Cl)s1. The van der Waals surface area contributed by atoms with Crippen LogP contribution in [0.15, 0.2) is 108 Å². The van der Waals surface area contributed by atoms with E-state index in [0.717, 1.165) is 22.6 Å². The van der Waals surface area contributed by atoms with E-state index in [-0.39, 0.29) is 4.88 Å². The zero-order valence-electron chi connectivity index (χ0n) is 18.3. The van der Waals surface area contributed by atoms with Crippen molar-refractivity contribution in [1.29, 1.82) is 0 Å². The Morgan fingerprint density at radius 2 is 1.46 bits per heavy atom. The van der Waals surface area contributed by atoms with Crippen LogP contribution in [0.4, 0.5) is 5.69 Å². The number of hydrogen-bond donors (Lipinski definition) is 1. The van der Waals surface area contributed by atoms with E-state index in [1.54, 1.807) is 11.1 Å². The predicted molar refractivity (Wildman–Crippen MR) is 141 cm³/mol. The molecule has 0 spiro atoms. The zero-order valence-corrected chi connectivity index (χ0v) is 20.7. The summed E-state index contributed by atoms with van der Waals surface area (Å²) in [5.41, 5.74) is 2.51. The number of amides is 1. The van der Waals surface area contributed by atoms with Gasteiger partial charge >= 0.3 is 0 Å². The Kier molecular flexibility index (Phi) is 6.42. The molecule has 3 aromatic carbocycles. The van der Waals surface area contributed by atoms with Crippen molar-refractivity contribution < 1.29 is 13.2 Å². The Hall–Kier alpha value is -3.46. The number of carbonyl (C=O) groups excluding carboxylic acids is 1. The Morgan fingerprint density at radius 1 is 0.857 bits per heavy atom. The third-order valence-corrected chi connectivity index (χ3v) is 8.48. The van der Waals surface area contributed by atoms with Crippen LogP contribution in [0.5, 0.6) is 0 Å². The summed E-state index contributed by atoms with van der Waals surface area (Å²) < 4.78 is 30.5. The van der Waals surface area contributed by atoms with Crippen LogP contribution in [0.1, 0.15) is 26.8 Å². The number of thiophene rings is 1. The minimum Gasteiger partial charge on any atom is -0.267 e. The highest BCUT2D eigenvalue weighted by atomic mass is 35.5. The summed E-state index contributed by atoms with van der Waals surface area (Å²) in [6.07, 6.45) is 0. The number of para-hydroxylation sites is 1. The summed E-state index contributed by atoms with van der Waals surface area (Å²) in [4.78, 5) is 13.1. The summed E-state index contributed by atoms with van der Waals surface area (Å²) >= 11 is 6.98. The quantitative estimate of drug-likeness (QED) is 0.363. The van der Waals surface area contributed by atoms with Crippen molar-refractivity contribution in [3.63, 3.8) is 0 Å². The van der Waals surface area contributed by atoms with E-state index in [0.29, 0.717) is 15.6 Å². The second kappa shape index (κ2) is 9.65. The number of hydrazone groups is 1. The molecular weight excluding hydrogens is 502 g/mol. The summed E-state index contributed by atoms with van der Waals surface area (Å²) in [5.74, 6) is -0.723. The fourth-order valence-corrected chi connectivity index (χ4v) is 6.69. The number of rotatable bonds is 6. The highest BCUT2D eigenvalue weighted by molar-refractivity contribution is 7.91. The molecular formula is C26H20ClN3O3S2. The number of anilines is 1. The average molecular weight is 522 g/mol. The first-order valence-electron chi connectivity index (χ1n) is 10.8. The first-order valence-corrected chi connectivity index (χ1v) is 13.5. The van der Waals surface area contributed by atoms with Crippen LogP contribution in [0, 0.1) is 0 Å². The third-order valence-electron chi connectivity index (χ3n) is 5.63. The van der Waals surface area contributed by atoms with Crippen molar-refractivity contribution in [2.24, 2.45) is 5.10 Å². The van der Waals surface area contributed by atoms with Gasteiger partial charge in [-0.15, -0.1) is 11.3 Å². The number of halogens is 1. The van der Waals surface area contributed by atoms with E-state index >= 15 is 0 Å². The van der Waals surface area contributed by atoms with E-state index in [1.165, 1.54) is 6.07 Å². The smallest absolute Gasteiger partial charge is 0.267 e. The van der Waals surface area contributed by atoms with Crippen LogP contribution < -0.4 is 9.73 Å². The maximum absolute atomic E-state index is 13.9. The van der Waals surface area contributed by atoms with Gasteiger partial charge in [-0.3, -0.25) is 9.80 Å². The molecule has 0 saturated carbocycles. The maximum atomic E-state index is 13.9. The molecule has 6 nitrogen and oxygen atoms in total. The van der Waals surface area contributed by atoms with Crippen molar-refractivity contribution in [3.8, 4) is 0 Å². The van der Waals surface area contributed by atoms with Crippen LogP contribution in [0.2, 0.25) is 4.34 Å². The van der Waals surface area contributed by atoms with Gasteiger partial charge in [-0.1, -0.05) is 90.5 Å². The zero-order chi connectivity index (χ0) is 24.4. The second-order valence-corrected chi connectivity index (χ2v) is 11.4. The average Bonchev–Trinajstić information content (AvgIpc) is 3.50. The van der Waals surface area contributed by atoms with Crippen LogP contribution in [0.3, 0.4) is 0 Å². The molecule has 1 N–H and O–H groups in total. The summed E-state index contributed by atoms with van der Waals surface area (Å²) in [7, 11) is -4.24. The Balaban J connectivity index is 1.65. The van der Waals surface area contributed by atoms with Crippen molar-refractivity contribution in [3.05, 3.63) is 123 Å². The number of nitrogens with zero attached hydrogens (tertiary/aromatic N) is 2. The first-order chi connectivity index (χ1) is 16.9. The lowest BCUT2D eigenvalue weighted by Crippen LogP contribution is -2.45. The lowest BCUT2D eigenvalue weighted by atomic mass is 9.97. The Labute approximate surface area is 212 Å². The fraction of sp³-hybridized carbons (Fsp3) is 0.0769. The van der Waals surface area contributed by atoms with Gasteiger partial charge in [-0.05, 0) is 35.4 Å². The van der Waals surface area contributed by atoms with Gasteiger partial charge in [0.15, 0.2) is 5.25 Å². The van der Waals surface area contributed by atoms with Crippen LogP contribution in [-0.2, 0) is 10.0 Å². The number of nitrogens with one attached hydrogen (secondary N) is 1. The van der Waals surface area contributed by atoms with Gasteiger partial charge in [-0.25, -0.2) is 13.1 Å². The highest BCUT2D eigenvalue weighted by Crippen LogP contribution is 2.40. The van der Waals surface area contributed by atoms with Gasteiger partial charge in [0.1, 0.15) is 6.04 Å². The van der Waals surface area contributed by atoms with Gasteiger partial charge in [0, 0.05) is 0 Å². The first kappa shape index (κ1) is 23.3. The third kappa shape index (κ3) is 4.73. The van der Waals surface area contributed by atoms with Gasteiger partial charge in [0.2, 0.25) is 10.0 Å². The Morgan fingerprint density at radius 3 is 2.06 bits per heavy atom. The lowest BCUT2D eigenvalue weighted by molar-refractivity contribution is 0.0985. The molecule has 0 bridgehead atoms. The molecule has 176 valence electrons. The largest absolute Gasteiger partial charge is 0.274 e. The minimum atomic E-state index is -4.24. The molecule has 1 aliphatic heterocycles.